The lowest BCUT2D eigenvalue weighted by atomic mass is 10.2. The van der Waals surface area contributed by atoms with Gasteiger partial charge in [0.25, 0.3) is 0 Å². The summed E-state index contributed by atoms with van der Waals surface area (Å²) in [5.74, 6) is 0.427. The fourth-order valence-electron chi connectivity index (χ4n) is 2.68. The maximum absolute atomic E-state index is 12.1. The van der Waals surface area contributed by atoms with Gasteiger partial charge in [-0.05, 0) is 41.5 Å². The van der Waals surface area contributed by atoms with Crippen LogP contribution in [-0.2, 0) is 17.9 Å². The largest absolute Gasteiger partial charge is 0.487 e. The van der Waals surface area contributed by atoms with Gasteiger partial charge in [0.15, 0.2) is 0 Å². The van der Waals surface area contributed by atoms with Crippen LogP contribution in [0.5, 0.6) is 5.75 Å². The van der Waals surface area contributed by atoms with E-state index in [-0.39, 0.29) is 17.9 Å². The Morgan fingerprint density at radius 1 is 0.935 bits per heavy atom. The molecule has 0 fully saturated rings. The van der Waals surface area contributed by atoms with Gasteiger partial charge in [0.05, 0.1) is 5.69 Å². The summed E-state index contributed by atoms with van der Waals surface area (Å²) in [7, 11) is 0. The summed E-state index contributed by atoms with van der Waals surface area (Å²) in [6.45, 7) is 4.42. The molecular weight excluding hydrogens is 392 g/mol. The number of pyridine rings is 1. The SMILES string of the molecule is CC(C)C(=O)Nc1ccccc1OCc1ccc(NC(=O)NCc2cccnc2)cc1. The maximum Gasteiger partial charge on any atom is 0.319 e. The highest BCUT2D eigenvalue weighted by atomic mass is 16.5. The number of aromatic nitrogens is 1. The van der Waals surface area contributed by atoms with Gasteiger partial charge in [-0.3, -0.25) is 9.78 Å². The molecule has 3 N–H and O–H groups in total. The second kappa shape index (κ2) is 10.8. The fourth-order valence-corrected chi connectivity index (χ4v) is 2.68. The van der Waals surface area contributed by atoms with Crippen molar-refractivity contribution < 1.29 is 14.3 Å². The molecule has 0 atom stereocenters. The van der Waals surface area contributed by atoms with Gasteiger partial charge in [0.1, 0.15) is 12.4 Å². The van der Waals surface area contributed by atoms with Crippen molar-refractivity contribution in [3.05, 3.63) is 84.2 Å². The Morgan fingerprint density at radius 3 is 2.42 bits per heavy atom. The number of nitrogens with zero attached hydrogens (tertiary/aromatic N) is 1. The lowest BCUT2D eigenvalue weighted by molar-refractivity contribution is -0.118. The molecule has 0 aliphatic heterocycles. The van der Waals surface area contributed by atoms with Crippen molar-refractivity contribution in [1.82, 2.24) is 10.3 Å². The van der Waals surface area contributed by atoms with Gasteiger partial charge in [-0.15, -0.1) is 0 Å². The molecular formula is C24H26N4O3. The zero-order chi connectivity index (χ0) is 22.1. The monoisotopic (exact) mass is 418 g/mol. The molecule has 0 saturated heterocycles. The quantitative estimate of drug-likeness (QED) is 0.499. The van der Waals surface area contributed by atoms with Crippen LogP contribution < -0.4 is 20.7 Å². The molecule has 160 valence electrons. The van der Waals surface area contributed by atoms with Crippen molar-refractivity contribution in [3.63, 3.8) is 0 Å². The molecule has 1 aromatic heterocycles. The van der Waals surface area contributed by atoms with E-state index in [0.29, 0.717) is 30.3 Å². The van der Waals surface area contributed by atoms with E-state index in [1.54, 1.807) is 12.4 Å². The highest BCUT2D eigenvalue weighted by molar-refractivity contribution is 5.93. The Hall–Kier alpha value is -3.87. The van der Waals surface area contributed by atoms with E-state index in [9.17, 15) is 9.59 Å². The van der Waals surface area contributed by atoms with Crippen LogP contribution in [0.1, 0.15) is 25.0 Å². The molecule has 2 aromatic carbocycles. The van der Waals surface area contributed by atoms with Crippen LogP contribution in [0.4, 0.5) is 16.2 Å². The van der Waals surface area contributed by atoms with Crippen molar-refractivity contribution in [2.45, 2.75) is 27.0 Å². The first-order chi connectivity index (χ1) is 15.0. The number of ether oxygens (including phenoxy) is 1. The number of amides is 3. The molecule has 0 bridgehead atoms. The molecule has 3 amide bonds. The molecule has 31 heavy (non-hydrogen) atoms. The van der Waals surface area contributed by atoms with Crippen LogP contribution >= 0.6 is 0 Å². The van der Waals surface area contributed by atoms with Gasteiger partial charge in [0.2, 0.25) is 5.91 Å². The standard InChI is InChI=1S/C24H26N4O3/c1-17(2)23(29)28-21-7-3-4-8-22(21)31-16-18-9-11-20(12-10-18)27-24(30)26-15-19-6-5-13-25-14-19/h3-14,17H,15-16H2,1-2H3,(H,28,29)(H2,26,27,30). The van der Waals surface area contributed by atoms with Gasteiger partial charge in [-0.25, -0.2) is 4.79 Å². The smallest absolute Gasteiger partial charge is 0.319 e. The minimum atomic E-state index is -0.289. The molecule has 7 nitrogen and oxygen atoms in total. The fraction of sp³-hybridized carbons (Fsp3) is 0.208. The van der Waals surface area contributed by atoms with Gasteiger partial charge in [-0.1, -0.05) is 44.2 Å². The van der Waals surface area contributed by atoms with Crippen molar-refractivity contribution in [3.8, 4) is 5.75 Å². The van der Waals surface area contributed by atoms with E-state index < -0.39 is 0 Å². The summed E-state index contributed by atoms with van der Waals surface area (Å²) in [6.07, 6.45) is 3.40. The third kappa shape index (κ3) is 6.85. The zero-order valence-electron chi connectivity index (χ0n) is 17.6. The van der Waals surface area contributed by atoms with E-state index in [2.05, 4.69) is 20.9 Å². The summed E-state index contributed by atoms with van der Waals surface area (Å²) in [6, 6.07) is 18.2. The maximum atomic E-state index is 12.1. The van der Waals surface area contributed by atoms with E-state index in [4.69, 9.17) is 4.74 Å². The summed E-state index contributed by atoms with van der Waals surface area (Å²) >= 11 is 0. The first-order valence-electron chi connectivity index (χ1n) is 10.1. The topological polar surface area (TPSA) is 92.4 Å². The van der Waals surface area contributed by atoms with Crippen molar-refractivity contribution >= 4 is 23.3 Å². The van der Waals surface area contributed by atoms with E-state index in [1.165, 1.54) is 0 Å². The molecule has 0 aliphatic carbocycles. The van der Waals surface area contributed by atoms with Gasteiger partial charge >= 0.3 is 6.03 Å². The number of hydrogen-bond donors (Lipinski definition) is 3. The van der Waals surface area contributed by atoms with Gasteiger partial charge < -0.3 is 20.7 Å². The minimum absolute atomic E-state index is 0.0618. The number of rotatable bonds is 8. The highest BCUT2D eigenvalue weighted by Gasteiger charge is 2.11. The van der Waals surface area contributed by atoms with Crippen LogP contribution in [0.15, 0.2) is 73.1 Å². The molecule has 0 aliphatic rings. The lowest BCUT2D eigenvalue weighted by Crippen LogP contribution is -2.28. The molecule has 3 aromatic rings. The first kappa shape index (κ1) is 21.8. The average molecular weight is 418 g/mol. The van der Waals surface area contributed by atoms with Crippen LogP contribution in [0.3, 0.4) is 0 Å². The number of benzene rings is 2. The third-order valence-electron chi connectivity index (χ3n) is 4.45. The molecule has 7 heteroatoms. The normalized spacial score (nSPS) is 10.4. The van der Waals surface area contributed by atoms with Gasteiger partial charge in [-0.2, -0.15) is 0 Å². The van der Waals surface area contributed by atoms with E-state index in [0.717, 1.165) is 11.1 Å². The number of urea groups is 1. The van der Waals surface area contributed by atoms with Gasteiger partial charge in [0, 0.05) is 30.5 Å². The summed E-state index contributed by atoms with van der Waals surface area (Å²) in [5.41, 5.74) is 3.18. The Labute approximate surface area is 181 Å². The molecule has 0 radical (unpaired) electrons. The number of nitrogens with one attached hydrogen (secondary N) is 3. The van der Waals surface area contributed by atoms with Crippen LogP contribution in [0.2, 0.25) is 0 Å². The number of carbonyl (C=O) groups is 2. The Kier molecular flexibility index (Phi) is 7.59. The number of anilines is 2. The molecule has 0 unspecified atom stereocenters. The van der Waals surface area contributed by atoms with Crippen molar-refractivity contribution in [2.75, 3.05) is 10.6 Å². The Morgan fingerprint density at radius 2 is 1.71 bits per heavy atom. The molecule has 3 rings (SSSR count). The lowest BCUT2D eigenvalue weighted by Gasteiger charge is -2.14. The molecule has 0 saturated carbocycles. The Bertz CT molecular complexity index is 1000. The zero-order valence-corrected chi connectivity index (χ0v) is 17.6. The Balaban J connectivity index is 1.51. The van der Waals surface area contributed by atoms with Crippen LogP contribution in [-0.4, -0.2) is 16.9 Å². The predicted molar refractivity (Wildman–Crippen MR) is 121 cm³/mol. The second-order valence-corrected chi connectivity index (χ2v) is 7.29. The van der Waals surface area contributed by atoms with Crippen molar-refractivity contribution in [1.29, 1.82) is 0 Å². The number of hydrogen-bond acceptors (Lipinski definition) is 4. The minimum Gasteiger partial charge on any atom is -0.487 e. The van der Waals surface area contributed by atoms with Crippen LogP contribution in [0, 0.1) is 5.92 Å². The second-order valence-electron chi connectivity index (χ2n) is 7.29. The third-order valence-corrected chi connectivity index (χ3v) is 4.45. The van der Waals surface area contributed by atoms with Crippen LogP contribution in [0.25, 0.3) is 0 Å². The highest BCUT2D eigenvalue weighted by Crippen LogP contribution is 2.25. The first-order valence-corrected chi connectivity index (χ1v) is 10.1. The molecule has 1 heterocycles. The summed E-state index contributed by atoms with van der Waals surface area (Å²) in [5, 5.41) is 8.46. The molecule has 0 spiro atoms. The van der Waals surface area contributed by atoms with Crippen molar-refractivity contribution in [2.24, 2.45) is 5.92 Å². The van der Waals surface area contributed by atoms with E-state index in [1.807, 2.05) is 74.5 Å². The average Bonchev–Trinajstić information content (AvgIpc) is 2.78. The summed E-state index contributed by atoms with van der Waals surface area (Å²) < 4.78 is 5.89. The summed E-state index contributed by atoms with van der Waals surface area (Å²) in [4.78, 5) is 28.1. The predicted octanol–water partition coefficient (Wildman–Crippen LogP) is 4.58. The number of carbonyl (C=O) groups excluding carboxylic acids is 2. The van der Waals surface area contributed by atoms with E-state index >= 15 is 0 Å². The number of para-hydroxylation sites is 2.